The van der Waals surface area contributed by atoms with Crippen LogP contribution in [-0.2, 0) is 4.79 Å². The predicted octanol–water partition coefficient (Wildman–Crippen LogP) is -0.171. The monoisotopic (exact) mass is 201 g/mol. The van der Waals surface area contributed by atoms with Crippen LogP contribution in [-0.4, -0.2) is 40.8 Å². The van der Waals surface area contributed by atoms with Crippen molar-refractivity contribution in [2.24, 2.45) is 0 Å². The topological polar surface area (TPSA) is 69.6 Å². The molecule has 0 bridgehead atoms. The summed E-state index contributed by atoms with van der Waals surface area (Å²) < 4.78 is 0. The van der Waals surface area contributed by atoms with Gasteiger partial charge in [0.25, 0.3) is 0 Å². The second-order valence-corrected chi connectivity index (χ2v) is 3.89. The fraction of sp³-hybridized carbons (Fsp3) is 0.900. The van der Waals surface area contributed by atoms with Crippen LogP contribution in [0.2, 0.25) is 0 Å². The van der Waals surface area contributed by atoms with Crippen LogP contribution in [0.15, 0.2) is 0 Å². The van der Waals surface area contributed by atoms with E-state index in [1.807, 2.05) is 6.92 Å². The lowest BCUT2D eigenvalue weighted by atomic mass is 9.93. The second kappa shape index (κ2) is 5.44. The molecule has 0 unspecified atom stereocenters. The molecule has 0 amide bonds. The van der Waals surface area contributed by atoms with Gasteiger partial charge in [-0.15, -0.1) is 0 Å². The Kier molecular flexibility index (Phi) is 4.51. The lowest BCUT2D eigenvalue weighted by Crippen LogP contribution is -2.52. The van der Waals surface area contributed by atoms with Gasteiger partial charge in [-0.05, 0) is 12.8 Å². The molecule has 0 saturated carbocycles. The average molecular weight is 201 g/mol. The van der Waals surface area contributed by atoms with E-state index < -0.39 is 6.10 Å². The first-order valence-electron chi connectivity index (χ1n) is 5.24. The fourth-order valence-electron chi connectivity index (χ4n) is 1.82. The molecule has 82 valence electrons. The molecule has 14 heavy (non-hydrogen) atoms. The summed E-state index contributed by atoms with van der Waals surface area (Å²) in [7, 11) is 0. The Balaban J connectivity index is 2.38. The zero-order chi connectivity index (χ0) is 10.6. The number of aliphatic hydroxyl groups excluding tert-OH is 2. The van der Waals surface area contributed by atoms with Crippen LogP contribution in [0.5, 0.6) is 0 Å². The first-order valence-corrected chi connectivity index (χ1v) is 5.24. The number of Topliss-reactive ketones (excluding diaryl/α,β-unsaturated/α-hetero) is 1. The van der Waals surface area contributed by atoms with E-state index in [-0.39, 0.29) is 24.5 Å². The third-order valence-electron chi connectivity index (χ3n) is 2.79. The molecular formula is C10H19NO3. The number of ketones is 1. The molecule has 0 aromatic rings. The number of carbonyl (C=O) groups excluding carboxylic acids is 1. The highest BCUT2D eigenvalue weighted by Gasteiger charge is 2.28. The van der Waals surface area contributed by atoms with E-state index in [2.05, 4.69) is 5.32 Å². The summed E-state index contributed by atoms with van der Waals surface area (Å²) in [6.45, 7) is 1.78. The minimum atomic E-state index is -0.479. The molecule has 1 aliphatic heterocycles. The maximum absolute atomic E-state index is 11.2. The van der Waals surface area contributed by atoms with Gasteiger partial charge >= 0.3 is 0 Å². The maximum atomic E-state index is 11.2. The standard InChI is InChI=1S/C10H19NO3/c1-2-8(13)5-7-3-4-10(14)9(6-12)11-7/h7,9-12,14H,2-6H2,1H3/t7-,9-,10+/m1/s1. The molecule has 0 radical (unpaired) electrons. The Hall–Kier alpha value is -0.450. The molecule has 0 aliphatic carbocycles. The van der Waals surface area contributed by atoms with Crippen LogP contribution >= 0.6 is 0 Å². The van der Waals surface area contributed by atoms with E-state index in [4.69, 9.17) is 5.11 Å². The number of hydrogen-bond donors (Lipinski definition) is 3. The van der Waals surface area contributed by atoms with Gasteiger partial charge in [-0.1, -0.05) is 6.92 Å². The van der Waals surface area contributed by atoms with Crippen molar-refractivity contribution in [3.8, 4) is 0 Å². The molecule has 3 N–H and O–H groups in total. The summed E-state index contributed by atoms with van der Waals surface area (Å²) in [6, 6.07) is -0.138. The van der Waals surface area contributed by atoms with Gasteiger partial charge in [-0.25, -0.2) is 0 Å². The van der Waals surface area contributed by atoms with E-state index in [1.165, 1.54) is 0 Å². The van der Waals surface area contributed by atoms with E-state index in [0.29, 0.717) is 19.3 Å². The van der Waals surface area contributed by atoms with Crippen molar-refractivity contribution in [3.63, 3.8) is 0 Å². The smallest absolute Gasteiger partial charge is 0.134 e. The van der Waals surface area contributed by atoms with Gasteiger partial charge in [0.05, 0.1) is 18.8 Å². The molecular weight excluding hydrogens is 182 g/mol. The van der Waals surface area contributed by atoms with Crippen molar-refractivity contribution in [2.45, 2.75) is 50.8 Å². The SMILES string of the molecule is CCC(=O)C[C@H]1CC[C@H](O)[C@@H](CO)N1. The Morgan fingerprint density at radius 1 is 1.50 bits per heavy atom. The lowest BCUT2D eigenvalue weighted by Gasteiger charge is -2.33. The summed E-state index contributed by atoms with van der Waals surface area (Å²) >= 11 is 0. The molecule has 1 aliphatic rings. The number of piperidine rings is 1. The first kappa shape index (κ1) is 11.6. The molecule has 1 heterocycles. The molecule has 3 atom stereocenters. The largest absolute Gasteiger partial charge is 0.395 e. The zero-order valence-corrected chi connectivity index (χ0v) is 8.57. The van der Waals surface area contributed by atoms with Crippen molar-refractivity contribution in [3.05, 3.63) is 0 Å². The van der Waals surface area contributed by atoms with Crippen molar-refractivity contribution >= 4 is 5.78 Å². The Bertz CT molecular complexity index is 196. The number of rotatable bonds is 4. The van der Waals surface area contributed by atoms with Crippen molar-refractivity contribution in [2.75, 3.05) is 6.61 Å². The van der Waals surface area contributed by atoms with Crippen molar-refractivity contribution < 1.29 is 15.0 Å². The summed E-state index contributed by atoms with van der Waals surface area (Å²) in [5, 5.41) is 21.5. The Morgan fingerprint density at radius 2 is 2.21 bits per heavy atom. The molecule has 0 spiro atoms. The van der Waals surface area contributed by atoms with Crippen LogP contribution in [0.25, 0.3) is 0 Å². The van der Waals surface area contributed by atoms with Gasteiger partial charge < -0.3 is 15.5 Å². The van der Waals surface area contributed by atoms with E-state index in [9.17, 15) is 9.90 Å². The highest BCUT2D eigenvalue weighted by Crippen LogP contribution is 2.16. The summed E-state index contributed by atoms with van der Waals surface area (Å²) in [4.78, 5) is 11.2. The third-order valence-corrected chi connectivity index (χ3v) is 2.79. The van der Waals surface area contributed by atoms with Gasteiger partial charge in [-0.2, -0.15) is 0 Å². The van der Waals surface area contributed by atoms with Crippen LogP contribution in [0.1, 0.15) is 32.6 Å². The molecule has 0 aromatic heterocycles. The van der Waals surface area contributed by atoms with Gasteiger partial charge in [0.1, 0.15) is 5.78 Å². The van der Waals surface area contributed by atoms with Crippen LogP contribution in [0.3, 0.4) is 0 Å². The molecule has 1 saturated heterocycles. The van der Waals surface area contributed by atoms with Crippen molar-refractivity contribution in [1.29, 1.82) is 0 Å². The summed E-state index contributed by atoms with van der Waals surface area (Å²) in [5.41, 5.74) is 0. The van der Waals surface area contributed by atoms with Crippen molar-refractivity contribution in [1.82, 2.24) is 5.32 Å². The summed E-state index contributed by atoms with van der Waals surface area (Å²) in [6.07, 6.45) is 2.07. The predicted molar refractivity (Wildman–Crippen MR) is 53.0 cm³/mol. The minimum absolute atomic E-state index is 0.0714. The Morgan fingerprint density at radius 3 is 2.79 bits per heavy atom. The average Bonchev–Trinajstić information content (AvgIpc) is 2.20. The van der Waals surface area contributed by atoms with Gasteiger partial charge in [0.2, 0.25) is 0 Å². The fourth-order valence-corrected chi connectivity index (χ4v) is 1.82. The zero-order valence-electron chi connectivity index (χ0n) is 8.57. The molecule has 1 fully saturated rings. The van der Waals surface area contributed by atoms with Crippen LogP contribution in [0, 0.1) is 0 Å². The first-order chi connectivity index (χ1) is 6.67. The third kappa shape index (κ3) is 3.04. The minimum Gasteiger partial charge on any atom is -0.395 e. The summed E-state index contributed by atoms with van der Waals surface area (Å²) in [5.74, 6) is 0.232. The van der Waals surface area contributed by atoms with Gasteiger partial charge in [0, 0.05) is 18.9 Å². The number of aliphatic hydroxyl groups is 2. The number of carbonyl (C=O) groups is 1. The molecule has 0 aromatic carbocycles. The van der Waals surface area contributed by atoms with E-state index >= 15 is 0 Å². The van der Waals surface area contributed by atoms with Gasteiger partial charge in [-0.3, -0.25) is 4.79 Å². The van der Waals surface area contributed by atoms with Crippen LogP contribution < -0.4 is 5.32 Å². The maximum Gasteiger partial charge on any atom is 0.134 e. The Labute approximate surface area is 84.3 Å². The molecule has 4 nitrogen and oxygen atoms in total. The second-order valence-electron chi connectivity index (χ2n) is 3.89. The number of nitrogens with one attached hydrogen (secondary N) is 1. The molecule has 4 heteroatoms. The quantitative estimate of drug-likeness (QED) is 0.590. The van der Waals surface area contributed by atoms with E-state index in [1.54, 1.807) is 0 Å². The number of hydrogen-bond acceptors (Lipinski definition) is 4. The highest BCUT2D eigenvalue weighted by molar-refractivity contribution is 5.78. The lowest BCUT2D eigenvalue weighted by molar-refractivity contribution is -0.119. The molecule has 1 rings (SSSR count). The van der Waals surface area contributed by atoms with Crippen LogP contribution in [0.4, 0.5) is 0 Å². The normalized spacial score (nSPS) is 32.9. The van der Waals surface area contributed by atoms with Gasteiger partial charge in [0.15, 0.2) is 0 Å². The van der Waals surface area contributed by atoms with E-state index in [0.717, 1.165) is 6.42 Å². The highest BCUT2D eigenvalue weighted by atomic mass is 16.3.